The van der Waals surface area contributed by atoms with Crippen molar-refractivity contribution in [3.8, 4) is 5.75 Å². The van der Waals surface area contributed by atoms with Gasteiger partial charge in [-0.05, 0) is 36.5 Å². The lowest BCUT2D eigenvalue weighted by Crippen LogP contribution is -2.32. The molecule has 1 fully saturated rings. The molecule has 1 aromatic carbocycles. The van der Waals surface area contributed by atoms with E-state index in [0.717, 1.165) is 19.4 Å². The van der Waals surface area contributed by atoms with Gasteiger partial charge in [0.2, 0.25) is 0 Å². The van der Waals surface area contributed by atoms with Crippen LogP contribution >= 0.6 is 35.6 Å². The molecule has 0 bridgehead atoms. The van der Waals surface area contributed by atoms with Crippen molar-refractivity contribution in [3.63, 3.8) is 0 Å². The van der Waals surface area contributed by atoms with Gasteiger partial charge < -0.3 is 14.6 Å². The number of amides is 1. The number of benzene rings is 1. The number of nitrogens with one attached hydrogen (secondary N) is 1. The number of carbonyl (C=O) groups excluding carboxylic acids is 1. The van der Waals surface area contributed by atoms with Gasteiger partial charge in [0.05, 0.1) is 18.0 Å². The monoisotopic (exact) mass is 439 g/mol. The van der Waals surface area contributed by atoms with E-state index in [1.165, 1.54) is 12.0 Å². The van der Waals surface area contributed by atoms with Crippen LogP contribution < -0.4 is 14.9 Å². The number of thiazole rings is 1. The zero-order chi connectivity index (χ0) is 20.5. The lowest BCUT2D eigenvalue weighted by molar-refractivity contribution is 0.0994. The molecule has 5 nitrogen and oxygen atoms in total. The van der Waals surface area contributed by atoms with Crippen LogP contribution in [0.2, 0.25) is 5.02 Å². The van der Waals surface area contributed by atoms with Gasteiger partial charge in [-0.2, -0.15) is 17.6 Å². The third-order valence-corrected chi connectivity index (χ3v) is 6.77. The Kier molecular flexibility index (Phi) is 6.59. The minimum Gasteiger partial charge on any atom is -0.496 e. The van der Waals surface area contributed by atoms with Crippen molar-refractivity contribution in [3.05, 3.63) is 44.7 Å². The van der Waals surface area contributed by atoms with Crippen LogP contribution in [0.4, 0.5) is 0 Å². The first kappa shape index (κ1) is 21.4. The molecule has 152 valence electrons. The summed E-state index contributed by atoms with van der Waals surface area (Å²) in [5.41, 5.74) is 0.341. The Morgan fingerprint density at radius 1 is 1.43 bits per heavy atom. The minimum atomic E-state index is -0.359. The van der Waals surface area contributed by atoms with Crippen LogP contribution in [0.15, 0.2) is 29.4 Å². The Balaban J connectivity index is 2.00. The highest BCUT2D eigenvalue weighted by Crippen LogP contribution is 2.26. The standard InChI is InChI=1S/C20H26ClN3O2S2/c1-20(2,3)16-11-24(10-13-6-8-17(27)22-13)19(28-16)23-18(25)14-9-12(21)5-7-15(14)26-4/h5,7,9,11,13,17,22,27H,6,8,10H2,1-4H3/t13-,17-/m1/s1. The lowest BCUT2D eigenvalue weighted by Gasteiger charge is -2.15. The van der Waals surface area contributed by atoms with E-state index in [1.807, 2.05) is 0 Å². The number of nitrogens with zero attached hydrogens (tertiary/aromatic N) is 2. The summed E-state index contributed by atoms with van der Waals surface area (Å²) in [6, 6.07) is 5.29. The molecule has 8 heteroatoms. The SMILES string of the molecule is COc1ccc(Cl)cc1C(=O)N=c1sc(C(C)(C)C)cn1C[C@H]1CC[C@@H](S)N1. The fourth-order valence-corrected chi connectivity index (χ4v) is 4.71. The van der Waals surface area contributed by atoms with Crippen molar-refractivity contribution in [1.82, 2.24) is 9.88 Å². The van der Waals surface area contributed by atoms with Gasteiger partial charge in [-0.1, -0.05) is 32.4 Å². The molecular weight excluding hydrogens is 414 g/mol. The van der Waals surface area contributed by atoms with E-state index < -0.39 is 0 Å². The molecule has 2 aromatic rings. The molecule has 28 heavy (non-hydrogen) atoms. The van der Waals surface area contributed by atoms with Gasteiger partial charge in [-0.15, -0.1) is 11.3 Å². The highest BCUT2D eigenvalue weighted by molar-refractivity contribution is 7.80. The topological polar surface area (TPSA) is 55.6 Å². The Bertz CT molecular complexity index is 930. The highest BCUT2D eigenvalue weighted by Gasteiger charge is 2.24. The third kappa shape index (κ3) is 5.00. The van der Waals surface area contributed by atoms with Crippen molar-refractivity contribution in [1.29, 1.82) is 0 Å². The quantitative estimate of drug-likeness (QED) is 0.700. The average molecular weight is 440 g/mol. The molecule has 1 amide bonds. The van der Waals surface area contributed by atoms with Crippen molar-refractivity contribution in [2.24, 2.45) is 4.99 Å². The zero-order valence-electron chi connectivity index (χ0n) is 16.5. The Morgan fingerprint density at radius 3 is 2.79 bits per heavy atom. The van der Waals surface area contributed by atoms with Crippen molar-refractivity contribution in [2.45, 2.75) is 57.0 Å². The number of methoxy groups -OCH3 is 1. The van der Waals surface area contributed by atoms with Crippen LogP contribution in [0.3, 0.4) is 0 Å². The van der Waals surface area contributed by atoms with E-state index in [2.05, 4.69) is 54.5 Å². The fourth-order valence-electron chi connectivity index (χ4n) is 3.12. The van der Waals surface area contributed by atoms with Gasteiger partial charge in [0.1, 0.15) is 5.75 Å². The molecule has 2 heterocycles. The molecule has 0 unspecified atom stereocenters. The van der Waals surface area contributed by atoms with Crippen molar-refractivity contribution < 1.29 is 9.53 Å². The van der Waals surface area contributed by atoms with E-state index in [0.29, 0.717) is 27.2 Å². The maximum absolute atomic E-state index is 12.9. The normalized spacial score (nSPS) is 20.6. The van der Waals surface area contributed by atoms with Gasteiger partial charge in [-0.3, -0.25) is 4.79 Å². The maximum atomic E-state index is 12.9. The molecule has 1 N–H and O–H groups in total. The Labute approximate surface area is 180 Å². The first-order chi connectivity index (χ1) is 13.2. The van der Waals surface area contributed by atoms with E-state index in [-0.39, 0.29) is 16.7 Å². The second-order valence-corrected chi connectivity index (χ2v) is 10.1. The minimum absolute atomic E-state index is 0.0217. The smallest absolute Gasteiger partial charge is 0.283 e. The summed E-state index contributed by atoms with van der Waals surface area (Å²) in [5, 5.41) is 4.17. The fraction of sp³-hybridized carbons (Fsp3) is 0.500. The molecule has 0 aliphatic carbocycles. The van der Waals surface area contributed by atoms with Gasteiger partial charge in [-0.25, -0.2) is 0 Å². The van der Waals surface area contributed by atoms with Crippen LogP contribution in [-0.2, 0) is 12.0 Å². The molecule has 0 spiro atoms. The molecular formula is C20H26ClN3O2S2. The van der Waals surface area contributed by atoms with Gasteiger partial charge >= 0.3 is 0 Å². The number of hydrogen-bond acceptors (Lipinski definition) is 5. The maximum Gasteiger partial charge on any atom is 0.283 e. The number of carbonyl (C=O) groups is 1. The van der Waals surface area contributed by atoms with Crippen molar-refractivity contribution in [2.75, 3.05) is 7.11 Å². The summed E-state index contributed by atoms with van der Waals surface area (Å²) < 4.78 is 7.38. The Hall–Kier alpha value is -1.28. The number of ether oxygens (including phenoxy) is 1. The van der Waals surface area contributed by atoms with Crippen LogP contribution in [-0.4, -0.2) is 29.0 Å². The van der Waals surface area contributed by atoms with E-state index in [1.54, 1.807) is 29.5 Å². The largest absolute Gasteiger partial charge is 0.496 e. The van der Waals surface area contributed by atoms with Gasteiger partial charge in [0.15, 0.2) is 4.80 Å². The van der Waals surface area contributed by atoms with Crippen LogP contribution in [0.25, 0.3) is 0 Å². The number of halogens is 1. The summed E-state index contributed by atoms with van der Waals surface area (Å²) in [7, 11) is 1.53. The Morgan fingerprint density at radius 2 is 2.18 bits per heavy atom. The predicted molar refractivity (Wildman–Crippen MR) is 118 cm³/mol. The highest BCUT2D eigenvalue weighted by atomic mass is 35.5. The first-order valence-corrected chi connectivity index (χ1v) is 11.0. The van der Waals surface area contributed by atoms with E-state index in [9.17, 15) is 4.79 Å². The number of hydrogen-bond donors (Lipinski definition) is 2. The second-order valence-electron chi connectivity index (χ2n) is 8.00. The molecule has 0 radical (unpaired) electrons. The lowest BCUT2D eigenvalue weighted by atomic mass is 9.95. The number of aromatic nitrogens is 1. The second kappa shape index (κ2) is 8.61. The summed E-state index contributed by atoms with van der Waals surface area (Å²) in [6.07, 6.45) is 4.20. The summed E-state index contributed by atoms with van der Waals surface area (Å²) in [4.78, 5) is 19.2. The number of rotatable bonds is 4. The molecule has 3 rings (SSSR count). The predicted octanol–water partition coefficient (Wildman–Crippen LogP) is 4.26. The average Bonchev–Trinajstić information content (AvgIpc) is 3.21. The molecule has 1 saturated heterocycles. The number of thiol groups is 1. The van der Waals surface area contributed by atoms with E-state index >= 15 is 0 Å². The molecule has 1 aliphatic heterocycles. The van der Waals surface area contributed by atoms with Crippen molar-refractivity contribution >= 4 is 41.5 Å². The third-order valence-electron chi connectivity index (χ3n) is 4.68. The van der Waals surface area contributed by atoms with Crippen LogP contribution in [0, 0.1) is 0 Å². The molecule has 2 atom stereocenters. The summed E-state index contributed by atoms with van der Waals surface area (Å²) in [5.74, 6) is 0.106. The molecule has 1 aliphatic rings. The van der Waals surface area contributed by atoms with Crippen LogP contribution in [0.5, 0.6) is 5.75 Å². The summed E-state index contributed by atoms with van der Waals surface area (Å²) >= 11 is 12.1. The molecule has 0 saturated carbocycles. The van der Waals surface area contributed by atoms with E-state index in [4.69, 9.17) is 16.3 Å². The van der Waals surface area contributed by atoms with Gasteiger partial charge in [0, 0.05) is 28.7 Å². The molecule has 1 aromatic heterocycles. The summed E-state index contributed by atoms with van der Waals surface area (Å²) in [6.45, 7) is 7.23. The van der Waals surface area contributed by atoms with Crippen LogP contribution in [0.1, 0.15) is 48.8 Å². The zero-order valence-corrected chi connectivity index (χ0v) is 19.0. The first-order valence-electron chi connectivity index (χ1n) is 9.25. The van der Waals surface area contributed by atoms with Gasteiger partial charge in [0.25, 0.3) is 5.91 Å².